The molecule has 1 aliphatic rings. The van der Waals surface area contributed by atoms with Crippen LogP contribution in [0, 0.1) is 0 Å². The first kappa shape index (κ1) is 10.4. The van der Waals surface area contributed by atoms with Gasteiger partial charge in [-0.3, -0.25) is 5.26 Å². The molecule has 1 aromatic rings. The van der Waals surface area contributed by atoms with Gasteiger partial charge in [0.05, 0.1) is 13.2 Å². The zero-order chi connectivity index (χ0) is 10.5. The van der Waals surface area contributed by atoms with Gasteiger partial charge >= 0.3 is 0 Å². The fourth-order valence-corrected chi connectivity index (χ4v) is 1.74. The van der Waals surface area contributed by atoms with Crippen molar-refractivity contribution >= 4 is 5.69 Å². The molecule has 4 nitrogen and oxygen atoms in total. The van der Waals surface area contributed by atoms with Crippen LogP contribution in [0.2, 0.25) is 0 Å². The lowest BCUT2D eigenvalue weighted by Gasteiger charge is -2.29. The molecule has 15 heavy (non-hydrogen) atoms. The van der Waals surface area contributed by atoms with Gasteiger partial charge in [0, 0.05) is 18.8 Å². The lowest BCUT2D eigenvalue weighted by molar-refractivity contribution is -0.253. The summed E-state index contributed by atoms with van der Waals surface area (Å²) in [6.07, 6.45) is 0. The summed E-state index contributed by atoms with van der Waals surface area (Å²) in [5.41, 5.74) is 2.13. The Labute approximate surface area is 89.0 Å². The van der Waals surface area contributed by atoms with Crippen LogP contribution in [0.5, 0.6) is 0 Å². The Morgan fingerprint density at radius 2 is 2.13 bits per heavy atom. The van der Waals surface area contributed by atoms with E-state index >= 15 is 0 Å². The predicted molar refractivity (Wildman–Crippen MR) is 56.9 cm³/mol. The van der Waals surface area contributed by atoms with Gasteiger partial charge in [0.15, 0.2) is 0 Å². The van der Waals surface area contributed by atoms with E-state index in [1.54, 1.807) is 0 Å². The van der Waals surface area contributed by atoms with E-state index in [0.29, 0.717) is 0 Å². The predicted octanol–water partition coefficient (Wildman–Crippen LogP) is 1.51. The van der Waals surface area contributed by atoms with Crippen LogP contribution in [-0.2, 0) is 16.2 Å². The van der Waals surface area contributed by atoms with E-state index in [0.717, 1.165) is 37.6 Å². The van der Waals surface area contributed by atoms with Crippen LogP contribution in [0.4, 0.5) is 5.69 Å². The quantitative estimate of drug-likeness (QED) is 0.605. The van der Waals surface area contributed by atoms with Gasteiger partial charge in [0.1, 0.15) is 6.61 Å². The van der Waals surface area contributed by atoms with Crippen molar-refractivity contribution < 1.29 is 14.9 Å². The number of hydrogen-bond acceptors (Lipinski definition) is 4. The van der Waals surface area contributed by atoms with E-state index < -0.39 is 0 Å². The lowest BCUT2D eigenvalue weighted by atomic mass is 10.2. The summed E-state index contributed by atoms with van der Waals surface area (Å²) < 4.78 is 5.29. The monoisotopic (exact) mass is 209 g/mol. The van der Waals surface area contributed by atoms with Crippen molar-refractivity contribution in [1.82, 2.24) is 0 Å². The Morgan fingerprint density at radius 1 is 1.33 bits per heavy atom. The zero-order valence-corrected chi connectivity index (χ0v) is 8.56. The molecule has 0 atom stereocenters. The first-order chi connectivity index (χ1) is 7.40. The first-order valence-electron chi connectivity index (χ1n) is 5.08. The Kier molecular flexibility index (Phi) is 3.55. The van der Waals surface area contributed by atoms with Crippen LogP contribution in [0.15, 0.2) is 24.3 Å². The van der Waals surface area contributed by atoms with Gasteiger partial charge in [0.25, 0.3) is 0 Å². The molecule has 0 bridgehead atoms. The summed E-state index contributed by atoms with van der Waals surface area (Å²) in [7, 11) is 0. The van der Waals surface area contributed by atoms with Crippen LogP contribution in [0.1, 0.15) is 5.56 Å². The van der Waals surface area contributed by atoms with E-state index in [9.17, 15) is 0 Å². The maximum atomic E-state index is 8.39. The minimum absolute atomic E-state index is 0.234. The van der Waals surface area contributed by atoms with Crippen molar-refractivity contribution in [3.63, 3.8) is 0 Å². The molecule has 2 rings (SSSR count). The summed E-state index contributed by atoms with van der Waals surface area (Å²) in [4.78, 5) is 6.40. The van der Waals surface area contributed by atoms with Gasteiger partial charge in [-0.1, -0.05) is 12.1 Å². The smallest absolute Gasteiger partial charge is 0.107 e. The molecule has 0 amide bonds. The Bertz CT molecular complexity index is 310. The van der Waals surface area contributed by atoms with Crippen LogP contribution < -0.4 is 4.90 Å². The highest BCUT2D eigenvalue weighted by molar-refractivity contribution is 5.48. The van der Waals surface area contributed by atoms with Crippen molar-refractivity contribution in [3.05, 3.63) is 29.8 Å². The third-order valence-electron chi connectivity index (χ3n) is 2.52. The Hall–Kier alpha value is -1.10. The fourth-order valence-electron chi connectivity index (χ4n) is 1.74. The molecule has 1 N–H and O–H groups in total. The average molecular weight is 209 g/mol. The summed E-state index contributed by atoms with van der Waals surface area (Å²) in [6.45, 7) is 3.63. The second kappa shape index (κ2) is 5.11. The number of rotatable bonds is 3. The summed E-state index contributed by atoms with van der Waals surface area (Å²) in [5, 5.41) is 8.39. The number of anilines is 1. The third kappa shape index (κ3) is 2.68. The Morgan fingerprint density at radius 3 is 2.87 bits per heavy atom. The van der Waals surface area contributed by atoms with Crippen molar-refractivity contribution in [1.29, 1.82) is 0 Å². The largest absolute Gasteiger partial charge is 0.378 e. The topological polar surface area (TPSA) is 41.9 Å². The van der Waals surface area contributed by atoms with Crippen molar-refractivity contribution in [2.75, 3.05) is 31.2 Å². The van der Waals surface area contributed by atoms with Crippen molar-refractivity contribution in [3.8, 4) is 0 Å². The number of ether oxygens (including phenoxy) is 1. The SMILES string of the molecule is OOCc1cccc(N2CCOCC2)c1. The van der Waals surface area contributed by atoms with Crippen molar-refractivity contribution in [2.24, 2.45) is 0 Å². The molecule has 1 fully saturated rings. The molecular weight excluding hydrogens is 194 g/mol. The standard InChI is InChI=1S/C11H15NO3/c13-15-9-10-2-1-3-11(8-10)12-4-6-14-7-5-12/h1-3,8,13H,4-7,9H2. The summed E-state index contributed by atoms with van der Waals surface area (Å²) in [5.74, 6) is 0. The average Bonchev–Trinajstić information content (AvgIpc) is 2.31. The van der Waals surface area contributed by atoms with Crippen LogP contribution >= 0.6 is 0 Å². The van der Waals surface area contributed by atoms with Gasteiger partial charge in [-0.25, -0.2) is 4.89 Å². The molecule has 4 heteroatoms. The molecule has 0 aliphatic carbocycles. The normalized spacial score (nSPS) is 16.7. The van der Waals surface area contributed by atoms with Gasteiger partial charge in [-0.15, -0.1) is 0 Å². The fraction of sp³-hybridized carbons (Fsp3) is 0.455. The highest BCUT2D eigenvalue weighted by Gasteiger charge is 2.10. The molecule has 0 spiro atoms. The lowest BCUT2D eigenvalue weighted by Crippen LogP contribution is -2.36. The van der Waals surface area contributed by atoms with Crippen molar-refractivity contribution in [2.45, 2.75) is 6.61 Å². The number of nitrogens with zero attached hydrogens (tertiary/aromatic N) is 1. The third-order valence-corrected chi connectivity index (χ3v) is 2.52. The van der Waals surface area contributed by atoms with E-state index in [-0.39, 0.29) is 6.61 Å². The van der Waals surface area contributed by atoms with Crippen LogP contribution in [0.25, 0.3) is 0 Å². The molecule has 1 aromatic carbocycles. The van der Waals surface area contributed by atoms with Crippen LogP contribution in [0.3, 0.4) is 0 Å². The van der Waals surface area contributed by atoms with Crippen LogP contribution in [-0.4, -0.2) is 31.6 Å². The van der Waals surface area contributed by atoms with E-state index in [2.05, 4.69) is 15.9 Å². The molecular formula is C11H15NO3. The molecule has 0 unspecified atom stereocenters. The minimum Gasteiger partial charge on any atom is -0.378 e. The van der Waals surface area contributed by atoms with Gasteiger partial charge in [-0.05, 0) is 17.7 Å². The molecule has 1 aliphatic heterocycles. The van der Waals surface area contributed by atoms with Gasteiger partial charge in [0.2, 0.25) is 0 Å². The van der Waals surface area contributed by atoms with E-state index in [4.69, 9.17) is 9.99 Å². The van der Waals surface area contributed by atoms with Gasteiger partial charge < -0.3 is 9.64 Å². The molecule has 1 heterocycles. The molecule has 82 valence electrons. The summed E-state index contributed by atoms with van der Waals surface area (Å²) in [6, 6.07) is 7.99. The highest BCUT2D eigenvalue weighted by atomic mass is 17.1. The van der Waals surface area contributed by atoms with E-state index in [1.165, 1.54) is 0 Å². The number of benzene rings is 1. The zero-order valence-electron chi connectivity index (χ0n) is 8.56. The molecule has 1 saturated heterocycles. The number of hydrogen-bond donors (Lipinski definition) is 1. The Balaban J connectivity index is 2.09. The number of morpholine rings is 1. The molecule has 0 saturated carbocycles. The minimum atomic E-state index is 0.234. The maximum absolute atomic E-state index is 8.39. The second-order valence-electron chi connectivity index (χ2n) is 3.54. The van der Waals surface area contributed by atoms with Gasteiger partial charge in [-0.2, -0.15) is 0 Å². The van der Waals surface area contributed by atoms with E-state index in [1.807, 2.05) is 18.2 Å². The first-order valence-corrected chi connectivity index (χ1v) is 5.08. The molecule has 0 radical (unpaired) electrons. The second-order valence-corrected chi connectivity index (χ2v) is 3.54. The molecule has 0 aromatic heterocycles. The maximum Gasteiger partial charge on any atom is 0.107 e. The summed E-state index contributed by atoms with van der Waals surface area (Å²) >= 11 is 0. The highest BCUT2D eigenvalue weighted by Crippen LogP contribution is 2.17.